The zero-order chi connectivity index (χ0) is 12.5. The van der Waals surface area contributed by atoms with Gasteiger partial charge in [-0.05, 0) is 35.9 Å². The van der Waals surface area contributed by atoms with Gasteiger partial charge in [-0.1, -0.05) is 12.1 Å². The highest BCUT2D eigenvalue weighted by Crippen LogP contribution is 2.17. The lowest BCUT2D eigenvalue weighted by atomic mass is 10.1. The largest absolute Gasteiger partial charge is 0.399 e. The van der Waals surface area contributed by atoms with Crippen LogP contribution >= 0.6 is 0 Å². The third kappa shape index (κ3) is 2.00. The number of nitrogens with one attached hydrogen (secondary N) is 1. The molecular weight excluding hydrogens is 224 g/mol. The number of aromatic amines is 1. The average Bonchev–Trinajstić information content (AvgIpc) is 2.73. The van der Waals surface area contributed by atoms with E-state index in [2.05, 4.69) is 9.97 Å². The third-order valence-electron chi connectivity index (χ3n) is 2.91. The number of hydrogen-bond acceptors (Lipinski definition) is 3. The number of hydrogen-bond donors (Lipinski definition) is 3. The molecule has 1 aromatic heterocycles. The van der Waals surface area contributed by atoms with Crippen LogP contribution in [-0.4, -0.2) is 9.97 Å². The van der Waals surface area contributed by atoms with Gasteiger partial charge in [-0.15, -0.1) is 0 Å². The van der Waals surface area contributed by atoms with Crippen molar-refractivity contribution >= 4 is 22.4 Å². The molecule has 0 aliphatic carbocycles. The molecule has 0 fully saturated rings. The van der Waals surface area contributed by atoms with Crippen LogP contribution in [0.25, 0.3) is 11.0 Å². The van der Waals surface area contributed by atoms with Gasteiger partial charge in [-0.2, -0.15) is 0 Å². The molecule has 18 heavy (non-hydrogen) atoms. The number of nitrogens with two attached hydrogens (primary N) is 2. The van der Waals surface area contributed by atoms with Gasteiger partial charge in [-0.3, -0.25) is 0 Å². The summed E-state index contributed by atoms with van der Waals surface area (Å²) in [4.78, 5) is 7.81. The van der Waals surface area contributed by atoms with E-state index in [0.717, 1.165) is 34.7 Å². The lowest BCUT2D eigenvalue weighted by molar-refractivity contribution is 1.04. The number of H-pyrrole nitrogens is 1. The standard InChI is InChI=1S/C14H14N4/c15-10-3-1-9(2-4-10)7-14-17-12-6-5-11(16)8-13(12)18-14/h1-6,8H,7,15-16H2,(H,17,18). The number of nitrogens with zero attached hydrogens (tertiary/aromatic N) is 1. The predicted octanol–water partition coefficient (Wildman–Crippen LogP) is 2.32. The second kappa shape index (κ2) is 4.07. The molecule has 0 saturated carbocycles. The van der Waals surface area contributed by atoms with Gasteiger partial charge >= 0.3 is 0 Å². The molecule has 0 unspecified atom stereocenters. The second-order valence-corrected chi connectivity index (χ2v) is 4.38. The number of benzene rings is 2. The number of nitrogen functional groups attached to an aromatic ring is 2. The van der Waals surface area contributed by atoms with E-state index in [9.17, 15) is 0 Å². The van der Waals surface area contributed by atoms with Crippen molar-refractivity contribution in [2.24, 2.45) is 0 Å². The van der Waals surface area contributed by atoms with Crippen LogP contribution in [-0.2, 0) is 6.42 Å². The molecular formula is C14H14N4. The van der Waals surface area contributed by atoms with Crippen molar-refractivity contribution < 1.29 is 0 Å². The van der Waals surface area contributed by atoms with Crippen LogP contribution in [0.15, 0.2) is 42.5 Å². The van der Waals surface area contributed by atoms with Crippen molar-refractivity contribution in [3.63, 3.8) is 0 Å². The van der Waals surface area contributed by atoms with Crippen molar-refractivity contribution in [2.45, 2.75) is 6.42 Å². The maximum atomic E-state index is 5.74. The van der Waals surface area contributed by atoms with E-state index in [1.54, 1.807) is 0 Å². The molecule has 0 amide bonds. The Balaban J connectivity index is 1.92. The molecule has 0 aliphatic rings. The smallest absolute Gasteiger partial charge is 0.111 e. The Kier molecular flexibility index (Phi) is 2.41. The number of fused-ring (bicyclic) bond motifs is 1. The Morgan fingerprint density at radius 2 is 1.67 bits per heavy atom. The molecule has 2 aromatic carbocycles. The highest BCUT2D eigenvalue weighted by Gasteiger charge is 2.04. The monoisotopic (exact) mass is 238 g/mol. The van der Waals surface area contributed by atoms with Gasteiger partial charge in [0.2, 0.25) is 0 Å². The van der Waals surface area contributed by atoms with Crippen LogP contribution < -0.4 is 11.5 Å². The number of aromatic nitrogens is 2. The van der Waals surface area contributed by atoms with E-state index in [1.165, 1.54) is 5.56 Å². The van der Waals surface area contributed by atoms with Crippen LogP contribution in [0.1, 0.15) is 11.4 Å². The van der Waals surface area contributed by atoms with Crippen LogP contribution in [0.4, 0.5) is 11.4 Å². The Morgan fingerprint density at radius 3 is 2.44 bits per heavy atom. The molecule has 0 aliphatic heterocycles. The van der Waals surface area contributed by atoms with Gasteiger partial charge < -0.3 is 16.5 Å². The quantitative estimate of drug-likeness (QED) is 0.599. The summed E-state index contributed by atoms with van der Waals surface area (Å²) in [6.07, 6.45) is 0.759. The summed E-state index contributed by atoms with van der Waals surface area (Å²) in [7, 11) is 0. The summed E-state index contributed by atoms with van der Waals surface area (Å²) in [5.74, 6) is 0.931. The summed E-state index contributed by atoms with van der Waals surface area (Å²) in [6, 6.07) is 13.5. The minimum Gasteiger partial charge on any atom is -0.399 e. The zero-order valence-electron chi connectivity index (χ0n) is 9.85. The fraction of sp³-hybridized carbons (Fsp3) is 0.0714. The van der Waals surface area contributed by atoms with E-state index < -0.39 is 0 Å². The fourth-order valence-corrected chi connectivity index (χ4v) is 1.99. The van der Waals surface area contributed by atoms with Crippen LogP contribution in [0.5, 0.6) is 0 Å². The van der Waals surface area contributed by atoms with Gasteiger partial charge in [0.1, 0.15) is 5.82 Å². The van der Waals surface area contributed by atoms with Gasteiger partial charge in [0.05, 0.1) is 11.0 Å². The van der Waals surface area contributed by atoms with Crippen LogP contribution in [0.3, 0.4) is 0 Å². The number of rotatable bonds is 2. The first-order valence-electron chi connectivity index (χ1n) is 5.79. The minimum absolute atomic E-state index is 0.741. The summed E-state index contributed by atoms with van der Waals surface area (Å²) < 4.78 is 0. The molecule has 0 spiro atoms. The first-order valence-corrected chi connectivity index (χ1v) is 5.79. The molecule has 3 rings (SSSR count). The third-order valence-corrected chi connectivity index (χ3v) is 2.91. The molecule has 4 nitrogen and oxygen atoms in total. The Morgan fingerprint density at radius 1 is 0.944 bits per heavy atom. The number of anilines is 2. The van der Waals surface area contributed by atoms with Crippen LogP contribution in [0, 0.1) is 0 Å². The van der Waals surface area contributed by atoms with Crippen molar-refractivity contribution in [3.05, 3.63) is 53.9 Å². The van der Waals surface area contributed by atoms with Crippen molar-refractivity contribution in [3.8, 4) is 0 Å². The second-order valence-electron chi connectivity index (χ2n) is 4.38. The van der Waals surface area contributed by atoms with Gasteiger partial charge in [0.15, 0.2) is 0 Å². The first-order chi connectivity index (χ1) is 8.70. The Hall–Kier alpha value is -2.49. The van der Waals surface area contributed by atoms with E-state index in [4.69, 9.17) is 11.5 Å². The highest BCUT2D eigenvalue weighted by molar-refractivity contribution is 5.78. The van der Waals surface area contributed by atoms with Gasteiger partial charge in [-0.25, -0.2) is 4.98 Å². The molecule has 0 saturated heterocycles. The minimum atomic E-state index is 0.741. The molecule has 4 heteroatoms. The molecule has 3 aromatic rings. The Bertz CT molecular complexity index is 683. The maximum absolute atomic E-state index is 5.74. The molecule has 0 radical (unpaired) electrons. The molecule has 1 heterocycles. The van der Waals surface area contributed by atoms with Crippen molar-refractivity contribution in [1.82, 2.24) is 9.97 Å². The summed E-state index contributed by atoms with van der Waals surface area (Å²) in [6.45, 7) is 0. The van der Waals surface area contributed by atoms with Gasteiger partial charge in [0, 0.05) is 17.8 Å². The molecule has 0 bridgehead atoms. The fourth-order valence-electron chi connectivity index (χ4n) is 1.99. The molecule has 5 N–H and O–H groups in total. The molecule has 90 valence electrons. The van der Waals surface area contributed by atoms with Crippen molar-refractivity contribution in [2.75, 3.05) is 11.5 Å². The summed E-state index contributed by atoms with van der Waals surface area (Å²) in [5.41, 5.74) is 16.0. The van der Waals surface area contributed by atoms with Crippen LogP contribution in [0.2, 0.25) is 0 Å². The first kappa shape index (κ1) is 10.7. The summed E-state index contributed by atoms with van der Waals surface area (Å²) in [5, 5.41) is 0. The zero-order valence-corrected chi connectivity index (χ0v) is 9.85. The van der Waals surface area contributed by atoms with E-state index in [1.807, 2.05) is 42.5 Å². The topological polar surface area (TPSA) is 80.7 Å². The normalized spacial score (nSPS) is 10.9. The highest BCUT2D eigenvalue weighted by atomic mass is 14.9. The van der Waals surface area contributed by atoms with E-state index in [0.29, 0.717) is 0 Å². The maximum Gasteiger partial charge on any atom is 0.111 e. The average molecular weight is 238 g/mol. The lowest BCUT2D eigenvalue weighted by Gasteiger charge is -1.98. The Labute approximate surface area is 105 Å². The van der Waals surface area contributed by atoms with E-state index >= 15 is 0 Å². The molecule has 0 atom stereocenters. The SMILES string of the molecule is Nc1ccc(Cc2nc3ccc(N)cc3[nH]2)cc1. The van der Waals surface area contributed by atoms with Crippen molar-refractivity contribution in [1.29, 1.82) is 0 Å². The predicted molar refractivity (Wildman–Crippen MR) is 74.2 cm³/mol. The number of imidazole rings is 1. The van der Waals surface area contributed by atoms with E-state index in [-0.39, 0.29) is 0 Å². The van der Waals surface area contributed by atoms with Gasteiger partial charge in [0.25, 0.3) is 0 Å². The summed E-state index contributed by atoms with van der Waals surface area (Å²) >= 11 is 0. The lowest BCUT2D eigenvalue weighted by Crippen LogP contribution is -1.91.